The topological polar surface area (TPSA) is 89.5 Å². The summed E-state index contributed by atoms with van der Waals surface area (Å²) in [4.78, 5) is 32.4. The monoisotopic (exact) mass is 557 g/mol. The van der Waals surface area contributed by atoms with Crippen LogP contribution in [0.2, 0.25) is 0 Å². The molecule has 3 aromatic heterocycles. The first kappa shape index (κ1) is 27.0. The van der Waals surface area contributed by atoms with Gasteiger partial charge in [0, 0.05) is 42.3 Å². The Morgan fingerprint density at radius 2 is 1.81 bits per heavy atom. The molecule has 0 radical (unpaired) electrons. The number of nitrogens with one attached hydrogen (secondary N) is 1. The number of benzene rings is 2. The van der Waals surface area contributed by atoms with Crippen molar-refractivity contribution in [2.75, 3.05) is 11.9 Å². The van der Waals surface area contributed by atoms with Gasteiger partial charge in [-0.2, -0.15) is 0 Å². The first-order valence-electron chi connectivity index (χ1n) is 14.0. The average molecular weight is 558 g/mol. The lowest BCUT2D eigenvalue weighted by Crippen LogP contribution is -2.50. The van der Waals surface area contributed by atoms with Crippen LogP contribution in [-0.2, 0) is 11.3 Å². The van der Waals surface area contributed by atoms with Crippen LogP contribution in [0.4, 0.5) is 16.6 Å². The number of fused-ring (bicyclic) bond motifs is 1. The van der Waals surface area contributed by atoms with Crippen molar-refractivity contribution in [3.8, 4) is 16.9 Å². The molecule has 2 aromatic carbocycles. The highest BCUT2D eigenvalue weighted by molar-refractivity contribution is 5.95. The Bertz CT molecular complexity index is 1760. The molecule has 1 aliphatic heterocycles. The van der Waals surface area contributed by atoms with Gasteiger partial charge in [-0.15, -0.1) is 4.98 Å². The molecule has 210 valence electrons. The minimum absolute atomic E-state index is 0.0189. The van der Waals surface area contributed by atoms with E-state index in [-0.39, 0.29) is 24.8 Å². The van der Waals surface area contributed by atoms with Crippen LogP contribution in [0.15, 0.2) is 85.2 Å². The normalized spacial score (nSPS) is 16.6. The first-order chi connectivity index (χ1) is 20.5. The molecule has 2 atom stereocenters. The highest BCUT2D eigenvalue weighted by Crippen LogP contribution is 2.34. The van der Waals surface area contributed by atoms with Crippen molar-refractivity contribution < 1.29 is 9.53 Å². The number of nitrogens with zero attached hydrogens (tertiary/aromatic N) is 6. The van der Waals surface area contributed by atoms with Crippen molar-refractivity contribution in [3.63, 3.8) is 0 Å². The number of ether oxygens (including phenoxy) is 1. The SMILES string of the molecule is [C-]#[N+]c1ccc2c(-c3nc(N[C@@H]4CC[C@@H](C)N(C(=O)OCc5ccccc5)C4)ncc3C)cn(-c3ccccc3)c2n1. The lowest BCUT2D eigenvalue weighted by atomic mass is 10.00. The van der Waals surface area contributed by atoms with Crippen molar-refractivity contribution in [1.29, 1.82) is 0 Å². The molecule has 0 bridgehead atoms. The Morgan fingerprint density at radius 3 is 2.57 bits per heavy atom. The van der Waals surface area contributed by atoms with Crippen LogP contribution >= 0.6 is 0 Å². The zero-order valence-electron chi connectivity index (χ0n) is 23.6. The summed E-state index contributed by atoms with van der Waals surface area (Å²) in [7, 11) is 0. The molecule has 5 aromatic rings. The number of likely N-dealkylation sites (tertiary alicyclic amines) is 1. The third-order valence-corrected chi connectivity index (χ3v) is 7.67. The number of pyridine rings is 1. The highest BCUT2D eigenvalue weighted by Gasteiger charge is 2.30. The fourth-order valence-electron chi connectivity index (χ4n) is 5.38. The summed E-state index contributed by atoms with van der Waals surface area (Å²) in [5, 5.41) is 4.37. The van der Waals surface area contributed by atoms with Crippen LogP contribution in [0.3, 0.4) is 0 Å². The molecule has 1 amide bonds. The maximum absolute atomic E-state index is 13.0. The van der Waals surface area contributed by atoms with Crippen LogP contribution in [0.5, 0.6) is 0 Å². The molecule has 1 fully saturated rings. The second kappa shape index (κ2) is 11.7. The Labute approximate surface area is 244 Å². The van der Waals surface area contributed by atoms with Gasteiger partial charge in [0.05, 0.1) is 11.1 Å². The third kappa shape index (κ3) is 5.52. The Balaban J connectivity index is 1.25. The second-order valence-corrected chi connectivity index (χ2v) is 10.6. The molecule has 1 N–H and O–H groups in total. The summed E-state index contributed by atoms with van der Waals surface area (Å²) in [5.74, 6) is 0.837. The number of carbonyl (C=O) groups is 1. The van der Waals surface area contributed by atoms with Gasteiger partial charge in [-0.1, -0.05) is 61.2 Å². The summed E-state index contributed by atoms with van der Waals surface area (Å²) in [6, 6.07) is 23.4. The summed E-state index contributed by atoms with van der Waals surface area (Å²) in [5.41, 5.74) is 5.22. The molecular weight excluding hydrogens is 526 g/mol. The van der Waals surface area contributed by atoms with Crippen LogP contribution in [0.25, 0.3) is 32.8 Å². The molecular formula is C33H31N7O2. The van der Waals surface area contributed by atoms with E-state index in [9.17, 15) is 4.79 Å². The van der Waals surface area contributed by atoms with Gasteiger partial charge in [0.1, 0.15) is 6.61 Å². The fraction of sp³-hybridized carbons (Fsp3) is 0.242. The van der Waals surface area contributed by atoms with Gasteiger partial charge in [0.15, 0.2) is 0 Å². The molecule has 0 unspecified atom stereocenters. The molecule has 9 heteroatoms. The zero-order chi connectivity index (χ0) is 29.1. The van der Waals surface area contributed by atoms with Gasteiger partial charge in [0.25, 0.3) is 5.82 Å². The van der Waals surface area contributed by atoms with Gasteiger partial charge in [-0.05, 0) is 56.0 Å². The Morgan fingerprint density at radius 1 is 1.05 bits per heavy atom. The number of carbonyl (C=O) groups excluding carboxylic acids is 1. The number of rotatable bonds is 6. The molecule has 6 rings (SSSR count). The lowest BCUT2D eigenvalue weighted by Gasteiger charge is -2.37. The molecule has 0 saturated carbocycles. The van der Waals surface area contributed by atoms with Gasteiger partial charge < -0.3 is 19.8 Å². The van der Waals surface area contributed by atoms with Gasteiger partial charge >= 0.3 is 6.09 Å². The minimum Gasteiger partial charge on any atom is -0.445 e. The van der Waals surface area contributed by atoms with Crippen LogP contribution in [-0.4, -0.2) is 49.1 Å². The standard InChI is InChI=1S/C33H31N7O2/c1-22-18-35-32(36-25-15-14-23(2)39(19-25)33(41)42-21-24-10-6-4-7-11-24)38-30(22)28-20-40(26-12-8-5-9-13-26)31-27(28)16-17-29(34-3)37-31/h4-13,16-18,20,23,25H,14-15,19,21H2,1-2H3,(H,35,36,38)/t23-,25-/m1/s1. The highest BCUT2D eigenvalue weighted by atomic mass is 16.6. The van der Waals surface area contributed by atoms with E-state index in [1.54, 1.807) is 11.0 Å². The van der Waals surface area contributed by atoms with E-state index in [0.29, 0.717) is 24.0 Å². The van der Waals surface area contributed by atoms with Crippen molar-refractivity contribution >= 4 is 28.9 Å². The second-order valence-electron chi connectivity index (χ2n) is 10.6. The van der Waals surface area contributed by atoms with Gasteiger partial charge in [-0.25, -0.2) is 14.8 Å². The Kier molecular flexibility index (Phi) is 7.52. The third-order valence-electron chi connectivity index (χ3n) is 7.67. The van der Waals surface area contributed by atoms with Crippen molar-refractivity contribution in [2.45, 2.75) is 45.4 Å². The summed E-state index contributed by atoms with van der Waals surface area (Å²) in [6.45, 7) is 12.2. The fourth-order valence-corrected chi connectivity index (χ4v) is 5.38. The largest absolute Gasteiger partial charge is 0.445 e. The van der Waals surface area contributed by atoms with Gasteiger partial charge in [0.2, 0.25) is 11.6 Å². The smallest absolute Gasteiger partial charge is 0.410 e. The minimum atomic E-state index is -0.316. The van der Waals surface area contributed by atoms with E-state index in [0.717, 1.165) is 46.3 Å². The van der Waals surface area contributed by atoms with E-state index >= 15 is 0 Å². The van der Waals surface area contributed by atoms with Crippen molar-refractivity contribution in [3.05, 3.63) is 108 Å². The van der Waals surface area contributed by atoms with E-state index in [1.807, 2.05) is 90.6 Å². The van der Waals surface area contributed by atoms with Crippen molar-refractivity contribution in [1.82, 2.24) is 24.4 Å². The number of para-hydroxylation sites is 1. The molecule has 1 saturated heterocycles. The van der Waals surface area contributed by atoms with E-state index in [4.69, 9.17) is 16.3 Å². The number of aryl methyl sites for hydroxylation is 1. The number of hydrogen-bond acceptors (Lipinski definition) is 6. The molecule has 9 nitrogen and oxygen atoms in total. The predicted octanol–water partition coefficient (Wildman–Crippen LogP) is 6.94. The molecule has 4 heterocycles. The average Bonchev–Trinajstić information content (AvgIpc) is 3.41. The van der Waals surface area contributed by atoms with Crippen LogP contribution < -0.4 is 5.32 Å². The predicted molar refractivity (Wildman–Crippen MR) is 163 cm³/mol. The molecule has 1 aliphatic rings. The Hall–Kier alpha value is -5.23. The molecule has 42 heavy (non-hydrogen) atoms. The maximum atomic E-state index is 13.0. The van der Waals surface area contributed by atoms with E-state index < -0.39 is 0 Å². The van der Waals surface area contributed by atoms with E-state index in [1.165, 1.54) is 0 Å². The summed E-state index contributed by atoms with van der Waals surface area (Å²) >= 11 is 0. The lowest BCUT2D eigenvalue weighted by molar-refractivity contribution is 0.0695. The number of anilines is 1. The number of piperidine rings is 1. The van der Waals surface area contributed by atoms with E-state index in [2.05, 4.69) is 27.1 Å². The zero-order valence-corrected chi connectivity index (χ0v) is 23.6. The molecule has 0 spiro atoms. The van der Waals surface area contributed by atoms with Crippen LogP contribution in [0, 0.1) is 13.5 Å². The summed E-state index contributed by atoms with van der Waals surface area (Å²) in [6.07, 6.45) is 5.24. The molecule has 0 aliphatic carbocycles. The first-order valence-corrected chi connectivity index (χ1v) is 14.0. The van der Waals surface area contributed by atoms with Crippen molar-refractivity contribution in [2.24, 2.45) is 0 Å². The van der Waals surface area contributed by atoms with Gasteiger partial charge in [-0.3, -0.25) is 4.57 Å². The number of aromatic nitrogens is 4. The number of hydrogen-bond donors (Lipinski definition) is 1. The maximum Gasteiger partial charge on any atom is 0.410 e. The quantitative estimate of drug-likeness (QED) is 0.228. The number of amides is 1. The van der Waals surface area contributed by atoms with Crippen LogP contribution in [0.1, 0.15) is 30.9 Å². The summed E-state index contributed by atoms with van der Waals surface area (Å²) < 4.78 is 7.62.